The highest BCUT2D eigenvalue weighted by molar-refractivity contribution is 5.83. The Labute approximate surface area is 134 Å². The molecule has 0 radical (unpaired) electrons. The Morgan fingerprint density at radius 1 is 1.39 bits per heavy atom. The minimum atomic E-state index is -0.479. The van der Waals surface area contributed by atoms with E-state index in [1.165, 1.54) is 12.1 Å². The lowest BCUT2D eigenvalue weighted by molar-refractivity contribution is -0.123. The van der Waals surface area contributed by atoms with Crippen LogP contribution in [-0.4, -0.2) is 28.3 Å². The van der Waals surface area contributed by atoms with Gasteiger partial charge in [-0.05, 0) is 43.0 Å². The summed E-state index contributed by atoms with van der Waals surface area (Å²) in [6.45, 7) is 3.25. The summed E-state index contributed by atoms with van der Waals surface area (Å²) in [7, 11) is 0. The van der Waals surface area contributed by atoms with Crippen molar-refractivity contribution in [2.45, 2.75) is 38.4 Å². The molecule has 0 bridgehead atoms. The van der Waals surface area contributed by atoms with Gasteiger partial charge in [-0.25, -0.2) is 4.39 Å². The topological polar surface area (TPSA) is 59.0 Å². The van der Waals surface area contributed by atoms with Gasteiger partial charge < -0.3 is 10.6 Å². The fourth-order valence-corrected chi connectivity index (χ4v) is 2.44. The predicted octanol–water partition coefficient (Wildman–Crippen LogP) is 1.94. The number of carbonyl (C=O) groups excluding carboxylic acids is 1. The molecule has 0 saturated heterocycles. The van der Waals surface area contributed by atoms with E-state index in [1.807, 2.05) is 17.8 Å². The molecule has 1 atom stereocenters. The minimum absolute atomic E-state index is 0.0595. The first kappa shape index (κ1) is 15.7. The van der Waals surface area contributed by atoms with Crippen LogP contribution < -0.4 is 10.6 Å². The van der Waals surface area contributed by atoms with E-state index in [9.17, 15) is 9.18 Å². The van der Waals surface area contributed by atoms with Crippen molar-refractivity contribution in [3.05, 3.63) is 53.6 Å². The van der Waals surface area contributed by atoms with Gasteiger partial charge in [0, 0.05) is 18.8 Å². The van der Waals surface area contributed by atoms with Crippen molar-refractivity contribution in [1.29, 1.82) is 0 Å². The van der Waals surface area contributed by atoms with Crippen LogP contribution in [-0.2, 0) is 11.3 Å². The molecule has 1 saturated carbocycles. The van der Waals surface area contributed by atoms with Gasteiger partial charge in [0.15, 0.2) is 0 Å². The second kappa shape index (κ2) is 6.91. The van der Waals surface area contributed by atoms with E-state index in [1.54, 1.807) is 18.3 Å². The van der Waals surface area contributed by atoms with Crippen molar-refractivity contribution in [2.75, 3.05) is 6.54 Å². The van der Waals surface area contributed by atoms with E-state index in [0.717, 1.165) is 24.0 Å². The van der Waals surface area contributed by atoms with E-state index in [0.29, 0.717) is 19.1 Å². The van der Waals surface area contributed by atoms with Crippen LogP contribution in [0.4, 0.5) is 4.39 Å². The number of hydrogen-bond donors (Lipinski definition) is 2. The van der Waals surface area contributed by atoms with Crippen LogP contribution >= 0.6 is 0 Å². The molecule has 1 heterocycles. The van der Waals surface area contributed by atoms with Crippen molar-refractivity contribution in [2.24, 2.45) is 0 Å². The molecule has 1 unspecified atom stereocenters. The highest BCUT2D eigenvalue weighted by Crippen LogP contribution is 2.21. The van der Waals surface area contributed by atoms with Crippen molar-refractivity contribution in [1.82, 2.24) is 20.4 Å². The SMILES string of the molecule is Cc1cnn(CCNC(C(=O)NC2CC2)c2ccc(F)cc2)c1. The number of aryl methyl sites for hydroxylation is 1. The fraction of sp³-hybridized carbons (Fsp3) is 0.412. The molecular formula is C17H21FN4O. The summed E-state index contributed by atoms with van der Waals surface area (Å²) < 4.78 is 15.0. The van der Waals surface area contributed by atoms with Gasteiger partial charge in [0.2, 0.25) is 5.91 Å². The van der Waals surface area contributed by atoms with Crippen LogP contribution in [0.15, 0.2) is 36.7 Å². The summed E-state index contributed by atoms with van der Waals surface area (Å²) in [6, 6.07) is 5.87. The van der Waals surface area contributed by atoms with E-state index in [2.05, 4.69) is 15.7 Å². The smallest absolute Gasteiger partial charge is 0.241 e. The van der Waals surface area contributed by atoms with E-state index < -0.39 is 6.04 Å². The Balaban J connectivity index is 1.63. The van der Waals surface area contributed by atoms with Crippen LogP contribution in [0.25, 0.3) is 0 Å². The maximum absolute atomic E-state index is 13.1. The van der Waals surface area contributed by atoms with Crippen LogP contribution in [0.5, 0.6) is 0 Å². The molecule has 1 aromatic heterocycles. The normalized spacial score (nSPS) is 15.4. The molecule has 2 N–H and O–H groups in total. The number of halogens is 1. The molecule has 3 rings (SSSR count). The van der Waals surface area contributed by atoms with Crippen molar-refractivity contribution < 1.29 is 9.18 Å². The molecule has 1 aromatic carbocycles. The second-order valence-electron chi connectivity index (χ2n) is 6.00. The maximum atomic E-state index is 13.1. The van der Waals surface area contributed by atoms with Gasteiger partial charge in [-0.3, -0.25) is 9.48 Å². The maximum Gasteiger partial charge on any atom is 0.241 e. The average molecular weight is 316 g/mol. The third kappa shape index (κ3) is 4.39. The van der Waals surface area contributed by atoms with E-state index in [4.69, 9.17) is 0 Å². The first-order valence-electron chi connectivity index (χ1n) is 7.90. The van der Waals surface area contributed by atoms with Crippen LogP contribution in [0, 0.1) is 12.7 Å². The van der Waals surface area contributed by atoms with Gasteiger partial charge in [-0.1, -0.05) is 12.1 Å². The lowest BCUT2D eigenvalue weighted by Crippen LogP contribution is -2.39. The third-order valence-electron chi connectivity index (χ3n) is 3.84. The summed E-state index contributed by atoms with van der Waals surface area (Å²) in [5, 5.41) is 10.5. The number of hydrogen-bond acceptors (Lipinski definition) is 3. The van der Waals surface area contributed by atoms with Crippen molar-refractivity contribution >= 4 is 5.91 Å². The predicted molar refractivity (Wildman–Crippen MR) is 85.3 cm³/mol. The molecule has 6 heteroatoms. The zero-order valence-electron chi connectivity index (χ0n) is 13.1. The van der Waals surface area contributed by atoms with Crippen molar-refractivity contribution in [3.8, 4) is 0 Å². The lowest BCUT2D eigenvalue weighted by Gasteiger charge is -2.19. The number of aromatic nitrogens is 2. The molecule has 1 amide bonds. The lowest BCUT2D eigenvalue weighted by atomic mass is 10.1. The van der Waals surface area contributed by atoms with Crippen molar-refractivity contribution in [3.63, 3.8) is 0 Å². The minimum Gasteiger partial charge on any atom is -0.352 e. The summed E-state index contributed by atoms with van der Waals surface area (Å²) in [6.07, 6.45) is 5.83. The Bertz CT molecular complexity index is 663. The molecule has 122 valence electrons. The molecule has 0 spiro atoms. The second-order valence-corrected chi connectivity index (χ2v) is 6.00. The summed E-state index contributed by atoms with van der Waals surface area (Å²) in [5.41, 5.74) is 1.87. The molecular weight excluding hydrogens is 295 g/mol. The largest absolute Gasteiger partial charge is 0.352 e. The summed E-state index contributed by atoms with van der Waals surface area (Å²) in [5.74, 6) is -0.363. The Hall–Kier alpha value is -2.21. The van der Waals surface area contributed by atoms with E-state index >= 15 is 0 Å². The van der Waals surface area contributed by atoms with Gasteiger partial charge in [-0.15, -0.1) is 0 Å². The van der Waals surface area contributed by atoms with Crippen LogP contribution in [0.1, 0.15) is 30.0 Å². The summed E-state index contributed by atoms with van der Waals surface area (Å²) in [4.78, 5) is 12.4. The van der Waals surface area contributed by atoms with Crippen LogP contribution in [0.3, 0.4) is 0 Å². The Morgan fingerprint density at radius 2 is 2.13 bits per heavy atom. The third-order valence-corrected chi connectivity index (χ3v) is 3.84. The van der Waals surface area contributed by atoms with Crippen LogP contribution in [0.2, 0.25) is 0 Å². The van der Waals surface area contributed by atoms with Gasteiger partial charge in [-0.2, -0.15) is 5.10 Å². The van der Waals surface area contributed by atoms with Gasteiger partial charge in [0.1, 0.15) is 11.9 Å². The Morgan fingerprint density at radius 3 is 2.74 bits per heavy atom. The highest BCUT2D eigenvalue weighted by atomic mass is 19.1. The first-order valence-corrected chi connectivity index (χ1v) is 7.90. The number of carbonyl (C=O) groups is 1. The quantitative estimate of drug-likeness (QED) is 0.821. The number of amides is 1. The molecule has 23 heavy (non-hydrogen) atoms. The number of nitrogens with one attached hydrogen (secondary N) is 2. The molecule has 5 nitrogen and oxygen atoms in total. The summed E-state index contributed by atoms with van der Waals surface area (Å²) >= 11 is 0. The fourth-order valence-electron chi connectivity index (χ4n) is 2.44. The Kier molecular flexibility index (Phi) is 4.71. The average Bonchev–Trinajstić information content (AvgIpc) is 3.24. The van der Waals surface area contributed by atoms with Gasteiger partial charge in [0.05, 0.1) is 12.7 Å². The number of nitrogens with zero attached hydrogens (tertiary/aromatic N) is 2. The standard InChI is InChI=1S/C17H21FN4O/c1-12-10-20-22(11-12)9-8-19-16(17(23)21-15-6-7-15)13-2-4-14(18)5-3-13/h2-5,10-11,15-16,19H,6-9H2,1H3,(H,21,23). The number of benzene rings is 1. The molecule has 1 aliphatic rings. The van der Waals surface area contributed by atoms with Gasteiger partial charge in [0.25, 0.3) is 0 Å². The zero-order chi connectivity index (χ0) is 16.2. The monoisotopic (exact) mass is 316 g/mol. The molecule has 1 fully saturated rings. The molecule has 0 aliphatic heterocycles. The highest BCUT2D eigenvalue weighted by Gasteiger charge is 2.28. The molecule has 1 aliphatic carbocycles. The number of rotatable bonds is 7. The van der Waals surface area contributed by atoms with E-state index in [-0.39, 0.29) is 11.7 Å². The molecule has 2 aromatic rings. The zero-order valence-corrected chi connectivity index (χ0v) is 13.1. The first-order chi connectivity index (χ1) is 11.1. The van der Waals surface area contributed by atoms with Gasteiger partial charge >= 0.3 is 0 Å².